The van der Waals surface area contributed by atoms with Gasteiger partial charge in [0.2, 0.25) is 11.8 Å². The summed E-state index contributed by atoms with van der Waals surface area (Å²) in [5.41, 5.74) is 4.66. The standard InChI is InChI=1S/C21H24F3N7O2/c1-11-6-15-9-20(8-11,18-28-27-13(3)33-18)31(15)19(32)25-14-4-5-16(21(22,23)24)17(7-14)30-10-12(2)26-29-30/h4-5,7,10-11,15,26,29H,6,8-9H2,1-3H3,(H,25,32)/t11-,15+,20-/m1/s1. The second-order valence-corrected chi connectivity index (χ2v) is 9.01. The predicted octanol–water partition coefficient (Wildman–Crippen LogP) is 4.02. The second-order valence-electron chi connectivity index (χ2n) is 9.01. The smallest absolute Gasteiger partial charge is 0.418 e. The number of hydrazine groups is 2. The topological polar surface area (TPSA) is 98.6 Å². The van der Waals surface area contributed by atoms with Gasteiger partial charge in [0.1, 0.15) is 5.54 Å². The number of hydrogen-bond acceptors (Lipinski definition) is 7. The van der Waals surface area contributed by atoms with E-state index >= 15 is 0 Å². The number of aromatic nitrogens is 2. The molecule has 9 nitrogen and oxygen atoms in total. The van der Waals surface area contributed by atoms with Crippen LogP contribution in [-0.4, -0.2) is 27.2 Å². The van der Waals surface area contributed by atoms with Crippen LogP contribution in [0.2, 0.25) is 0 Å². The van der Waals surface area contributed by atoms with Crippen molar-refractivity contribution in [3.8, 4) is 0 Å². The van der Waals surface area contributed by atoms with Gasteiger partial charge in [0.15, 0.2) is 0 Å². The predicted molar refractivity (Wildman–Crippen MR) is 112 cm³/mol. The van der Waals surface area contributed by atoms with Gasteiger partial charge in [-0.1, -0.05) is 6.92 Å². The molecule has 0 saturated carbocycles. The van der Waals surface area contributed by atoms with E-state index in [2.05, 4.69) is 33.4 Å². The van der Waals surface area contributed by atoms with Gasteiger partial charge in [0.25, 0.3) is 0 Å². The number of allylic oxidation sites excluding steroid dienone is 1. The van der Waals surface area contributed by atoms with Crippen LogP contribution in [0.5, 0.6) is 0 Å². The lowest BCUT2D eigenvalue weighted by Crippen LogP contribution is -2.70. The highest BCUT2D eigenvalue weighted by atomic mass is 19.4. The van der Waals surface area contributed by atoms with Crippen molar-refractivity contribution in [1.29, 1.82) is 0 Å². The van der Waals surface area contributed by atoms with Crippen molar-refractivity contribution < 1.29 is 22.4 Å². The first-order valence-corrected chi connectivity index (χ1v) is 10.7. The number of aryl methyl sites for hydroxylation is 1. The molecule has 2 amide bonds. The lowest BCUT2D eigenvalue weighted by molar-refractivity contribution is -0.137. The molecule has 0 radical (unpaired) electrons. The fraction of sp³-hybridized carbons (Fsp3) is 0.476. The second kappa shape index (κ2) is 7.37. The number of hydrogen-bond donors (Lipinski definition) is 3. The molecular weight excluding hydrogens is 439 g/mol. The molecule has 3 aliphatic heterocycles. The molecule has 0 aliphatic carbocycles. The van der Waals surface area contributed by atoms with Crippen molar-refractivity contribution in [2.24, 2.45) is 5.92 Å². The Morgan fingerprint density at radius 1 is 1.27 bits per heavy atom. The van der Waals surface area contributed by atoms with Gasteiger partial charge in [0, 0.05) is 37.0 Å². The number of carbonyl (C=O) groups excluding carboxylic acids is 1. The molecule has 176 valence electrons. The molecule has 5 rings (SSSR count). The van der Waals surface area contributed by atoms with Crippen LogP contribution < -0.4 is 21.3 Å². The van der Waals surface area contributed by atoms with E-state index < -0.39 is 23.3 Å². The van der Waals surface area contributed by atoms with Crippen LogP contribution in [0.1, 0.15) is 50.5 Å². The summed E-state index contributed by atoms with van der Waals surface area (Å²) in [6, 6.07) is 3.12. The zero-order valence-corrected chi connectivity index (χ0v) is 18.3. The Kier molecular flexibility index (Phi) is 4.82. The third-order valence-electron chi connectivity index (χ3n) is 6.41. The summed E-state index contributed by atoms with van der Waals surface area (Å²) in [6.07, 6.45) is -0.810. The van der Waals surface area contributed by atoms with Crippen LogP contribution in [-0.2, 0) is 11.7 Å². The fourth-order valence-electron chi connectivity index (χ4n) is 5.20. The van der Waals surface area contributed by atoms with Crippen LogP contribution in [0.25, 0.3) is 0 Å². The number of amides is 2. The molecule has 0 unspecified atom stereocenters. The maximum Gasteiger partial charge on any atom is 0.418 e. The van der Waals surface area contributed by atoms with Gasteiger partial charge >= 0.3 is 12.2 Å². The number of anilines is 2. The largest absolute Gasteiger partial charge is 0.423 e. The molecule has 1 aromatic heterocycles. The van der Waals surface area contributed by atoms with E-state index in [9.17, 15) is 18.0 Å². The lowest BCUT2D eigenvalue weighted by Gasteiger charge is -2.61. The van der Waals surface area contributed by atoms with Crippen LogP contribution in [0.15, 0.2) is 34.5 Å². The number of benzene rings is 1. The minimum Gasteiger partial charge on any atom is -0.423 e. The third kappa shape index (κ3) is 3.58. The van der Waals surface area contributed by atoms with Crippen LogP contribution >= 0.6 is 0 Å². The molecule has 2 fully saturated rings. The minimum absolute atomic E-state index is 0.00454. The van der Waals surface area contributed by atoms with E-state index in [4.69, 9.17) is 4.42 Å². The first-order valence-electron chi connectivity index (χ1n) is 10.7. The van der Waals surface area contributed by atoms with Gasteiger partial charge in [-0.2, -0.15) is 13.2 Å². The Morgan fingerprint density at radius 2 is 2.06 bits per heavy atom. The van der Waals surface area contributed by atoms with Crippen molar-refractivity contribution in [1.82, 2.24) is 26.1 Å². The number of fused-ring (bicyclic) bond motifs is 2. The maximum atomic E-state index is 13.6. The fourth-order valence-corrected chi connectivity index (χ4v) is 5.20. The molecule has 12 heteroatoms. The minimum atomic E-state index is -4.56. The van der Waals surface area contributed by atoms with Gasteiger partial charge in [-0.25, -0.2) is 4.79 Å². The number of alkyl halides is 3. The zero-order valence-electron chi connectivity index (χ0n) is 18.3. The Balaban J connectivity index is 1.44. The van der Waals surface area contributed by atoms with Crippen molar-refractivity contribution in [2.75, 3.05) is 10.3 Å². The molecule has 3 atom stereocenters. The number of carbonyl (C=O) groups is 1. The first-order chi connectivity index (χ1) is 15.6. The van der Waals surface area contributed by atoms with E-state index in [1.54, 1.807) is 18.7 Å². The van der Waals surface area contributed by atoms with E-state index in [-0.39, 0.29) is 17.4 Å². The summed E-state index contributed by atoms with van der Waals surface area (Å²) in [5.74, 6) is 1.20. The molecule has 2 bridgehead atoms. The summed E-state index contributed by atoms with van der Waals surface area (Å²) in [4.78, 5) is 15.0. The molecule has 3 aliphatic rings. The Bertz CT molecular complexity index is 1130. The van der Waals surface area contributed by atoms with E-state index in [0.29, 0.717) is 29.8 Å². The SMILES string of the molecule is CC1=CN(c2cc(NC(=O)N3[C@H]4C[C@@H](C)C[C@]3(c3nnc(C)o3)C4)ccc2C(F)(F)F)NN1. The highest BCUT2D eigenvalue weighted by Gasteiger charge is 2.62. The number of rotatable bonds is 3. The highest BCUT2D eigenvalue weighted by Crippen LogP contribution is 2.55. The van der Waals surface area contributed by atoms with Crippen LogP contribution in [0.3, 0.4) is 0 Å². The molecule has 4 heterocycles. The van der Waals surface area contributed by atoms with Gasteiger partial charge in [-0.05, 0) is 43.9 Å². The van der Waals surface area contributed by atoms with Crippen molar-refractivity contribution >= 4 is 17.4 Å². The first kappa shape index (κ1) is 21.6. The van der Waals surface area contributed by atoms with Crippen molar-refractivity contribution in [2.45, 2.75) is 57.8 Å². The van der Waals surface area contributed by atoms with Crippen LogP contribution in [0, 0.1) is 12.8 Å². The van der Waals surface area contributed by atoms with E-state index in [0.717, 1.165) is 18.9 Å². The van der Waals surface area contributed by atoms with Gasteiger partial charge in [-0.15, -0.1) is 15.7 Å². The quantitative estimate of drug-likeness (QED) is 0.633. The molecule has 2 saturated heterocycles. The lowest BCUT2D eigenvalue weighted by atomic mass is 9.64. The molecule has 0 spiro atoms. The van der Waals surface area contributed by atoms with Crippen molar-refractivity contribution in [3.05, 3.63) is 47.4 Å². The number of nitrogens with one attached hydrogen (secondary N) is 3. The van der Waals surface area contributed by atoms with E-state index in [1.807, 2.05) is 0 Å². The summed E-state index contributed by atoms with van der Waals surface area (Å²) < 4.78 is 46.5. The molecule has 2 aromatic rings. The number of nitrogens with zero attached hydrogens (tertiary/aromatic N) is 4. The monoisotopic (exact) mass is 463 g/mol. The van der Waals surface area contributed by atoms with E-state index in [1.165, 1.54) is 23.3 Å². The summed E-state index contributed by atoms with van der Waals surface area (Å²) in [6.45, 7) is 5.53. The van der Waals surface area contributed by atoms with Gasteiger partial charge in [0.05, 0.1) is 11.3 Å². The Hall–Kier alpha value is -3.28. The Labute approximate surface area is 187 Å². The molecule has 33 heavy (non-hydrogen) atoms. The number of urea groups is 1. The summed E-state index contributed by atoms with van der Waals surface area (Å²) in [5, 5.41) is 12.1. The number of piperidine rings is 1. The maximum absolute atomic E-state index is 13.6. The van der Waals surface area contributed by atoms with Gasteiger partial charge in [-0.3, -0.25) is 5.01 Å². The highest BCUT2D eigenvalue weighted by molar-refractivity contribution is 5.92. The molecule has 1 aromatic carbocycles. The van der Waals surface area contributed by atoms with Gasteiger partial charge < -0.3 is 20.1 Å². The normalized spacial score (nSPS) is 26.5. The average molecular weight is 463 g/mol. The van der Waals surface area contributed by atoms with Crippen molar-refractivity contribution in [3.63, 3.8) is 0 Å². The van der Waals surface area contributed by atoms with Crippen LogP contribution in [0.4, 0.5) is 29.3 Å². The third-order valence-corrected chi connectivity index (χ3v) is 6.41. The average Bonchev–Trinajstić information content (AvgIpc) is 3.35. The Morgan fingerprint density at radius 3 is 2.70 bits per heavy atom. The molecular formula is C21H24F3N7O2. The summed E-state index contributed by atoms with van der Waals surface area (Å²) >= 11 is 0. The number of halogens is 3. The zero-order chi connectivity index (χ0) is 23.5. The summed E-state index contributed by atoms with van der Waals surface area (Å²) in [7, 11) is 0. The molecule has 3 N–H and O–H groups in total.